The van der Waals surface area contributed by atoms with Gasteiger partial charge in [-0.25, -0.2) is 4.98 Å². The molecule has 48 heavy (non-hydrogen) atoms. The van der Waals surface area contributed by atoms with Crippen molar-refractivity contribution in [3.63, 3.8) is 0 Å². The van der Waals surface area contributed by atoms with Gasteiger partial charge in [0.1, 0.15) is 5.58 Å². The van der Waals surface area contributed by atoms with Gasteiger partial charge in [0.2, 0.25) is 5.95 Å². The smallest absolute Gasteiger partial charge is 0.238 e. The van der Waals surface area contributed by atoms with Crippen molar-refractivity contribution in [2.75, 3.05) is 0 Å². The minimum absolute atomic E-state index is 0.556. The van der Waals surface area contributed by atoms with Gasteiger partial charge in [-0.15, -0.1) is 0 Å². The van der Waals surface area contributed by atoms with Crippen molar-refractivity contribution in [2.45, 2.75) is 0 Å². The van der Waals surface area contributed by atoms with E-state index in [1.54, 1.807) is 12.4 Å². The Labute approximate surface area is 274 Å². The number of furan rings is 1. The highest BCUT2D eigenvalue weighted by atomic mass is 16.3. The number of para-hydroxylation sites is 2. The second kappa shape index (κ2) is 10.4. The second-order valence-corrected chi connectivity index (χ2v) is 12.0. The van der Waals surface area contributed by atoms with Gasteiger partial charge in [-0.3, -0.25) is 9.55 Å². The fourth-order valence-corrected chi connectivity index (χ4v) is 6.83. The minimum atomic E-state index is 0.556. The molecule has 0 aliphatic heterocycles. The highest BCUT2D eigenvalue weighted by molar-refractivity contribution is 6.09. The molecule has 0 aliphatic carbocycles. The summed E-state index contributed by atoms with van der Waals surface area (Å²) < 4.78 is 8.33. The fourth-order valence-electron chi connectivity index (χ4n) is 6.83. The molecule has 0 saturated carbocycles. The van der Waals surface area contributed by atoms with Gasteiger partial charge in [-0.1, -0.05) is 97.1 Å². The number of hydrogen-bond donors (Lipinski definition) is 0. The number of pyridine rings is 1. The SMILES string of the molecule is c1ccc(-c2ccc3cc(-c4nc(-c5ccc6c(c5)oc5cnccc56)nc(-n5c6ccccc6c6ccccc65)n4)ccc3c2)cc1. The molecule has 6 heteroatoms. The largest absolute Gasteiger partial charge is 0.454 e. The topological polar surface area (TPSA) is 69.6 Å². The number of nitrogens with zero attached hydrogens (tertiary/aromatic N) is 5. The Morgan fingerprint density at radius 3 is 1.79 bits per heavy atom. The molecule has 0 N–H and O–H groups in total. The van der Waals surface area contributed by atoms with Crippen molar-refractivity contribution in [2.24, 2.45) is 0 Å². The van der Waals surface area contributed by atoms with Crippen molar-refractivity contribution in [3.8, 4) is 39.9 Å². The van der Waals surface area contributed by atoms with E-state index in [1.807, 2.05) is 18.2 Å². The molecular formula is C42H25N5O. The third-order valence-corrected chi connectivity index (χ3v) is 9.14. The van der Waals surface area contributed by atoms with Gasteiger partial charge < -0.3 is 4.42 Å². The average molecular weight is 616 g/mol. The first kappa shape index (κ1) is 26.5. The van der Waals surface area contributed by atoms with Crippen LogP contribution >= 0.6 is 0 Å². The van der Waals surface area contributed by atoms with Gasteiger partial charge in [0, 0.05) is 38.9 Å². The Bertz CT molecular complexity index is 2800. The van der Waals surface area contributed by atoms with E-state index in [0.29, 0.717) is 17.6 Å². The third kappa shape index (κ3) is 4.20. The zero-order chi connectivity index (χ0) is 31.6. The van der Waals surface area contributed by atoms with Crippen LogP contribution in [0.4, 0.5) is 0 Å². The van der Waals surface area contributed by atoms with Crippen molar-refractivity contribution >= 4 is 54.5 Å². The van der Waals surface area contributed by atoms with Gasteiger partial charge in [-0.05, 0) is 64.4 Å². The maximum absolute atomic E-state index is 6.20. The molecule has 6 aromatic carbocycles. The molecule has 6 nitrogen and oxygen atoms in total. The van der Waals surface area contributed by atoms with Gasteiger partial charge >= 0.3 is 0 Å². The summed E-state index contributed by atoms with van der Waals surface area (Å²) in [6, 6.07) is 48.3. The van der Waals surface area contributed by atoms with Gasteiger partial charge in [-0.2, -0.15) is 9.97 Å². The highest BCUT2D eigenvalue weighted by Gasteiger charge is 2.18. The molecule has 10 rings (SSSR count). The predicted octanol–water partition coefficient (Wildman–Crippen LogP) is 10.4. The lowest BCUT2D eigenvalue weighted by atomic mass is 10.00. The monoisotopic (exact) mass is 615 g/mol. The van der Waals surface area contributed by atoms with E-state index < -0.39 is 0 Å². The molecule has 4 aromatic heterocycles. The standard InChI is InChI=1S/C42H25N5O/c1-2-8-26(9-3-1)27-14-15-29-23-30(17-16-28(29)22-27)40-44-41(31-18-19-34-35-20-21-43-25-39(35)48-38(34)24-31)46-42(45-40)47-36-12-6-4-10-32(36)33-11-5-7-13-37(33)47/h1-25H. The van der Waals surface area contributed by atoms with E-state index >= 15 is 0 Å². The molecule has 0 spiro atoms. The Balaban J connectivity index is 1.19. The Kier molecular flexibility index (Phi) is 5.77. The summed E-state index contributed by atoms with van der Waals surface area (Å²) in [4.78, 5) is 19.6. The highest BCUT2D eigenvalue weighted by Crippen LogP contribution is 2.35. The lowest BCUT2D eigenvalue weighted by molar-refractivity contribution is 0.667. The molecule has 0 unspecified atom stereocenters. The lowest BCUT2D eigenvalue weighted by Gasteiger charge is -2.11. The summed E-state index contributed by atoms with van der Waals surface area (Å²) in [6.07, 6.45) is 3.53. The van der Waals surface area contributed by atoms with E-state index in [1.165, 1.54) is 11.1 Å². The minimum Gasteiger partial charge on any atom is -0.454 e. The molecule has 0 aliphatic rings. The van der Waals surface area contributed by atoms with Gasteiger partial charge in [0.25, 0.3) is 0 Å². The van der Waals surface area contributed by atoms with Crippen LogP contribution in [0.2, 0.25) is 0 Å². The summed E-state index contributed by atoms with van der Waals surface area (Å²) in [5.41, 5.74) is 7.71. The zero-order valence-electron chi connectivity index (χ0n) is 25.6. The predicted molar refractivity (Wildman–Crippen MR) is 193 cm³/mol. The van der Waals surface area contributed by atoms with E-state index in [0.717, 1.165) is 65.6 Å². The van der Waals surface area contributed by atoms with Crippen LogP contribution in [0.1, 0.15) is 0 Å². The molecule has 0 bridgehead atoms. The van der Waals surface area contributed by atoms with E-state index in [9.17, 15) is 0 Å². The summed E-state index contributed by atoms with van der Waals surface area (Å²) >= 11 is 0. The van der Waals surface area contributed by atoms with E-state index in [2.05, 4.69) is 131 Å². The molecule has 4 heterocycles. The summed E-state index contributed by atoms with van der Waals surface area (Å²) in [5.74, 6) is 1.72. The van der Waals surface area contributed by atoms with Crippen molar-refractivity contribution in [3.05, 3.63) is 152 Å². The maximum Gasteiger partial charge on any atom is 0.238 e. The van der Waals surface area contributed by atoms with Gasteiger partial charge in [0.15, 0.2) is 17.2 Å². The van der Waals surface area contributed by atoms with Crippen LogP contribution in [0, 0.1) is 0 Å². The second-order valence-electron chi connectivity index (χ2n) is 12.0. The van der Waals surface area contributed by atoms with Crippen LogP contribution in [-0.4, -0.2) is 24.5 Å². The molecule has 0 saturated heterocycles. The Hall–Kier alpha value is -6.66. The van der Waals surface area contributed by atoms with Crippen LogP contribution < -0.4 is 0 Å². The number of aromatic nitrogens is 5. The molecule has 0 fully saturated rings. The summed E-state index contributed by atoms with van der Waals surface area (Å²) in [7, 11) is 0. The molecule has 0 radical (unpaired) electrons. The number of hydrogen-bond acceptors (Lipinski definition) is 5. The molecule has 0 amide bonds. The maximum atomic E-state index is 6.20. The summed E-state index contributed by atoms with van der Waals surface area (Å²) in [5, 5.41) is 6.62. The van der Waals surface area contributed by atoms with Gasteiger partial charge in [0.05, 0.1) is 17.2 Å². The van der Waals surface area contributed by atoms with E-state index in [4.69, 9.17) is 19.4 Å². The summed E-state index contributed by atoms with van der Waals surface area (Å²) in [6.45, 7) is 0. The van der Waals surface area contributed by atoms with Crippen molar-refractivity contribution in [1.29, 1.82) is 0 Å². The van der Waals surface area contributed by atoms with Crippen LogP contribution in [0.25, 0.3) is 94.4 Å². The zero-order valence-corrected chi connectivity index (χ0v) is 25.6. The lowest BCUT2D eigenvalue weighted by Crippen LogP contribution is -2.06. The average Bonchev–Trinajstić information content (AvgIpc) is 3.70. The molecule has 224 valence electrons. The number of benzene rings is 6. The Morgan fingerprint density at radius 2 is 1.04 bits per heavy atom. The van der Waals surface area contributed by atoms with Crippen LogP contribution in [-0.2, 0) is 0 Å². The first-order valence-corrected chi connectivity index (χ1v) is 15.9. The number of rotatable bonds is 4. The molecular weight excluding hydrogens is 590 g/mol. The molecule has 0 atom stereocenters. The normalized spacial score (nSPS) is 11.8. The third-order valence-electron chi connectivity index (χ3n) is 9.14. The first-order chi connectivity index (χ1) is 23.8. The quantitative estimate of drug-likeness (QED) is 0.197. The van der Waals surface area contributed by atoms with Crippen LogP contribution in [0.3, 0.4) is 0 Å². The number of fused-ring (bicyclic) bond motifs is 7. The Morgan fingerprint density at radius 1 is 0.438 bits per heavy atom. The first-order valence-electron chi connectivity index (χ1n) is 15.9. The van der Waals surface area contributed by atoms with Crippen molar-refractivity contribution < 1.29 is 4.42 Å². The van der Waals surface area contributed by atoms with Crippen LogP contribution in [0.5, 0.6) is 0 Å². The van der Waals surface area contributed by atoms with E-state index in [-0.39, 0.29) is 0 Å². The fraction of sp³-hybridized carbons (Fsp3) is 0. The molecule has 10 aromatic rings. The van der Waals surface area contributed by atoms with Crippen molar-refractivity contribution in [1.82, 2.24) is 24.5 Å². The van der Waals surface area contributed by atoms with Crippen LogP contribution in [0.15, 0.2) is 156 Å².